The van der Waals surface area contributed by atoms with Crippen LogP contribution in [0, 0.1) is 6.92 Å². The number of carbonyl (C=O) groups excluding carboxylic acids is 2. The monoisotopic (exact) mass is 379 g/mol. The average Bonchev–Trinajstić information content (AvgIpc) is 3.22. The van der Waals surface area contributed by atoms with Crippen molar-refractivity contribution in [3.05, 3.63) is 53.4 Å². The Morgan fingerprint density at radius 1 is 1.26 bits per heavy atom. The van der Waals surface area contributed by atoms with Crippen LogP contribution < -0.4 is 40.0 Å². The fourth-order valence-electron chi connectivity index (χ4n) is 3.38. The standard InChI is InChI=1S/C19H23N3O4.Na/c1-13-11-15(26-21-13)9-10-20-18(23)16-7-8-17(19(24)25)22(16)12-14-5-3-2-4-6-14;/h2-6,11,16-17H,7-10,12H2,1H3,(H,20,23)(H,24,25);/q;+1/p-1. The van der Waals surface area contributed by atoms with E-state index >= 15 is 0 Å². The minimum absolute atomic E-state index is 0. The second kappa shape index (κ2) is 10.0. The van der Waals surface area contributed by atoms with Crippen molar-refractivity contribution >= 4 is 11.9 Å². The number of hydrogen-bond donors (Lipinski definition) is 1. The van der Waals surface area contributed by atoms with Gasteiger partial charge in [0.1, 0.15) is 5.76 Å². The molecule has 1 N–H and O–H groups in total. The second-order valence-corrected chi connectivity index (χ2v) is 6.56. The molecule has 0 radical (unpaired) electrons. The Kier molecular flexibility index (Phi) is 8.04. The number of aryl methyl sites for hydroxylation is 1. The van der Waals surface area contributed by atoms with Crippen LogP contribution >= 0.6 is 0 Å². The Balaban J connectivity index is 0.00000261. The first kappa shape index (κ1) is 21.6. The van der Waals surface area contributed by atoms with Gasteiger partial charge in [0.05, 0.1) is 23.7 Å². The van der Waals surface area contributed by atoms with Gasteiger partial charge in [0.15, 0.2) is 0 Å². The van der Waals surface area contributed by atoms with Gasteiger partial charge in [-0.2, -0.15) is 0 Å². The van der Waals surface area contributed by atoms with Crippen LogP contribution in [-0.2, 0) is 22.6 Å². The summed E-state index contributed by atoms with van der Waals surface area (Å²) in [6.45, 7) is 2.66. The Morgan fingerprint density at radius 3 is 2.59 bits per heavy atom. The van der Waals surface area contributed by atoms with Crippen LogP contribution in [0.25, 0.3) is 0 Å². The molecule has 8 heteroatoms. The number of carboxylic acids is 1. The van der Waals surface area contributed by atoms with Crippen molar-refractivity contribution in [2.75, 3.05) is 6.54 Å². The van der Waals surface area contributed by atoms with Crippen LogP contribution in [0.5, 0.6) is 0 Å². The van der Waals surface area contributed by atoms with Crippen molar-refractivity contribution in [1.82, 2.24) is 15.4 Å². The number of benzene rings is 1. The van der Waals surface area contributed by atoms with E-state index in [1.165, 1.54) is 0 Å². The van der Waals surface area contributed by atoms with Crippen molar-refractivity contribution in [3.63, 3.8) is 0 Å². The summed E-state index contributed by atoms with van der Waals surface area (Å²) in [5, 5.41) is 18.2. The first-order chi connectivity index (χ1) is 12.5. The van der Waals surface area contributed by atoms with Crippen LogP contribution in [0.1, 0.15) is 29.9 Å². The van der Waals surface area contributed by atoms with E-state index in [1.807, 2.05) is 43.3 Å². The van der Waals surface area contributed by atoms with Gasteiger partial charge in [-0.05, 0) is 25.3 Å². The molecule has 138 valence electrons. The first-order valence-corrected chi connectivity index (χ1v) is 8.75. The van der Waals surface area contributed by atoms with Gasteiger partial charge in [0.2, 0.25) is 5.91 Å². The molecule has 0 spiro atoms. The van der Waals surface area contributed by atoms with Crippen LogP contribution in [0.3, 0.4) is 0 Å². The molecule has 0 bridgehead atoms. The molecule has 7 nitrogen and oxygen atoms in total. The molecule has 0 saturated carbocycles. The van der Waals surface area contributed by atoms with E-state index in [2.05, 4.69) is 10.5 Å². The predicted octanol–water partition coefficient (Wildman–Crippen LogP) is -2.57. The maximum atomic E-state index is 12.6. The number of nitrogens with one attached hydrogen (secondary N) is 1. The van der Waals surface area contributed by atoms with E-state index in [-0.39, 0.29) is 35.5 Å². The van der Waals surface area contributed by atoms with Crippen LogP contribution in [0.15, 0.2) is 40.9 Å². The fourth-order valence-corrected chi connectivity index (χ4v) is 3.38. The molecule has 2 heterocycles. The van der Waals surface area contributed by atoms with Crippen LogP contribution in [0.2, 0.25) is 0 Å². The minimum atomic E-state index is -1.13. The molecule has 27 heavy (non-hydrogen) atoms. The van der Waals surface area contributed by atoms with Crippen molar-refractivity contribution in [2.24, 2.45) is 0 Å². The summed E-state index contributed by atoms with van der Waals surface area (Å²) in [7, 11) is 0. The molecule has 0 aliphatic carbocycles. The molecule has 2 aromatic rings. The van der Waals surface area contributed by atoms with E-state index in [0.29, 0.717) is 38.1 Å². The SMILES string of the molecule is Cc1cc(CCNC(=O)C2CCC(C(=O)[O-])N2Cc2ccccc2)on1.[Na+]. The summed E-state index contributed by atoms with van der Waals surface area (Å²) >= 11 is 0. The van der Waals surface area contributed by atoms with Gasteiger partial charge in [-0.15, -0.1) is 0 Å². The third-order valence-corrected chi connectivity index (χ3v) is 4.64. The summed E-state index contributed by atoms with van der Waals surface area (Å²) in [5.41, 5.74) is 1.77. The van der Waals surface area contributed by atoms with Gasteiger partial charge in [-0.3, -0.25) is 9.69 Å². The molecule has 1 aliphatic heterocycles. The van der Waals surface area contributed by atoms with Crippen LogP contribution in [0.4, 0.5) is 0 Å². The topological polar surface area (TPSA) is 98.5 Å². The van der Waals surface area contributed by atoms with Gasteiger partial charge in [0, 0.05) is 25.6 Å². The number of rotatable bonds is 7. The number of aliphatic carboxylic acids is 1. The summed E-state index contributed by atoms with van der Waals surface area (Å²) in [5.74, 6) is -0.586. The first-order valence-electron chi connectivity index (χ1n) is 8.75. The Hall–Kier alpha value is -1.67. The van der Waals surface area contributed by atoms with E-state index in [9.17, 15) is 14.7 Å². The Morgan fingerprint density at radius 2 is 1.96 bits per heavy atom. The predicted molar refractivity (Wildman–Crippen MR) is 91.8 cm³/mol. The second-order valence-electron chi connectivity index (χ2n) is 6.56. The third kappa shape index (κ3) is 5.65. The summed E-state index contributed by atoms with van der Waals surface area (Å²) < 4.78 is 5.12. The molecule has 2 unspecified atom stereocenters. The zero-order valence-electron chi connectivity index (χ0n) is 15.7. The summed E-state index contributed by atoms with van der Waals surface area (Å²) in [6.07, 6.45) is 1.45. The number of amides is 1. The molecule has 1 saturated heterocycles. The van der Waals surface area contributed by atoms with Crippen molar-refractivity contribution in [1.29, 1.82) is 0 Å². The van der Waals surface area contributed by atoms with Gasteiger partial charge in [0.25, 0.3) is 0 Å². The number of carbonyl (C=O) groups is 2. The number of aromatic nitrogens is 1. The zero-order chi connectivity index (χ0) is 18.5. The fraction of sp³-hybridized carbons (Fsp3) is 0.421. The number of nitrogens with zero attached hydrogens (tertiary/aromatic N) is 2. The normalized spacial score (nSPS) is 19.4. The van der Waals surface area contributed by atoms with Gasteiger partial charge >= 0.3 is 29.6 Å². The average molecular weight is 379 g/mol. The maximum absolute atomic E-state index is 12.6. The number of carboxylic acid groups (broad SMARTS) is 1. The minimum Gasteiger partial charge on any atom is -0.548 e. The smallest absolute Gasteiger partial charge is 0.548 e. The Bertz CT molecular complexity index is 765. The van der Waals surface area contributed by atoms with E-state index in [4.69, 9.17) is 4.52 Å². The molecule has 3 rings (SSSR count). The van der Waals surface area contributed by atoms with Crippen LogP contribution in [-0.4, -0.2) is 40.6 Å². The van der Waals surface area contributed by atoms with Gasteiger partial charge < -0.3 is 19.7 Å². The molecular formula is C19H22N3NaO4. The molecular weight excluding hydrogens is 357 g/mol. The molecule has 1 fully saturated rings. The molecule has 1 amide bonds. The van der Waals surface area contributed by atoms with Crippen molar-refractivity contribution in [2.45, 2.75) is 44.8 Å². The summed E-state index contributed by atoms with van der Waals surface area (Å²) in [4.78, 5) is 25.8. The van der Waals surface area contributed by atoms with E-state index in [1.54, 1.807) is 4.90 Å². The Labute approximate surface area is 180 Å². The van der Waals surface area contributed by atoms with Gasteiger partial charge in [-0.25, -0.2) is 0 Å². The molecule has 1 aliphatic rings. The van der Waals surface area contributed by atoms with E-state index < -0.39 is 18.1 Å². The number of hydrogen-bond acceptors (Lipinski definition) is 6. The van der Waals surface area contributed by atoms with Crippen molar-refractivity contribution < 1.29 is 48.8 Å². The quantitative estimate of drug-likeness (QED) is 0.531. The molecule has 2 atom stereocenters. The summed E-state index contributed by atoms with van der Waals surface area (Å²) in [6, 6.07) is 10.1. The maximum Gasteiger partial charge on any atom is 1.00 e. The van der Waals surface area contributed by atoms with Gasteiger partial charge in [-0.1, -0.05) is 35.5 Å². The zero-order valence-corrected chi connectivity index (χ0v) is 17.7. The molecule has 1 aromatic carbocycles. The van der Waals surface area contributed by atoms with E-state index in [0.717, 1.165) is 11.3 Å². The van der Waals surface area contributed by atoms with Crippen molar-refractivity contribution in [3.8, 4) is 0 Å². The number of likely N-dealkylation sites (tertiary alicyclic amines) is 1. The third-order valence-electron chi connectivity index (χ3n) is 4.64. The largest absolute Gasteiger partial charge is 1.00 e. The molecule has 1 aromatic heterocycles.